The van der Waals surface area contributed by atoms with E-state index in [2.05, 4.69) is 20.8 Å². The first-order valence-corrected chi connectivity index (χ1v) is 5.25. The fourth-order valence-corrected chi connectivity index (χ4v) is 1.38. The molecule has 0 aromatic carbocycles. The third-order valence-electron chi connectivity index (χ3n) is 2.44. The molecule has 2 heteroatoms. The highest BCUT2D eigenvalue weighted by molar-refractivity contribution is 4.64. The van der Waals surface area contributed by atoms with Gasteiger partial charge in [-0.15, -0.1) is 0 Å². The number of hydrogen-bond donors (Lipinski definition) is 1. The molecule has 0 rings (SSSR count). The van der Waals surface area contributed by atoms with Gasteiger partial charge in [-0.3, -0.25) is 0 Å². The van der Waals surface area contributed by atoms with Gasteiger partial charge in [0.25, 0.3) is 0 Å². The number of aliphatic hydroxyl groups is 1. The molecular weight excluding hydrogens is 164 g/mol. The smallest absolute Gasteiger partial charge is 0.0798 e. The number of hydrogen-bond acceptors (Lipinski definition) is 2. The molecular formula is C11H24O2. The number of methoxy groups -OCH3 is 1. The van der Waals surface area contributed by atoms with Crippen LogP contribution >= 0.6 is 0 Å². The molecule has 2 nitrogen and oxygen atoms in total. The van der Waals surface area contributed by atoms with Crippen molar-refractivity contribution in [3.05, 3.63) is 0 Å². The van der Waals surface area contributed by atoms with Crippen molar-refractivity contribution in [2.45, 2.75) is 46.1 Å². The lowest BCUT2D eigenvalue weighted by molar-refractivity contribution is 0.0272. The fraction of sp³-hybridized carbons (Fsp3) is 1.00. The first kappa shape index (κ1) is 12.9. The molecule has 0 aliphatic heterocycles. The average molecular weight is 188 g/mol. The zero-order chi connectivity index (χ0) is 10.3. The predicted octanol–water partition coefficient (Wildman–Crippen LogP) is 2.46. The van der Waals surface area contributed by atoms with Gasteiger partial charge >= 0.3 is 0 Å². The molecule has 0 spiro atoms. The summed E-state index contributed by atoms with van der Waals surface area (Å²) < 4.78 is 4.90. The SMILES string of the molecule is COCC(O)C(C)CCCC(C)C. The minimum absolute atomic E-state index is 0.294. The van der Waals surface area contributed by atoms with Crippen molar-refractivity contribution in [1.82, 2.24) is 0 Å². The van der Waals surface area contributed by atoms with E-state index in [0.717, 1.165) is 12.3 Å². The van der Waals surface area contributed by atoms with E-state index < -0.39 is 0 Å². The van der Waals surface area contributed by atoms with E-state index in [1.807, 2.05) is 0 Å². The highest BCUT2D eigenvalue weighted by atomic mass is 16.5. The van der Waals surface area contributed by atoms with Crippen LogP contribution in [0.5, 0.6) is 0 Å². The molecule has 0 bridgehead atoms. The second-order valence-corrected chi connectivity index (χ2v) is 4.32. The van der Waals surface area contributed by atoms with E-state index in [1.165, 1.54) is 12.8 Å². The van der Waals surface area contributed by atoms with Crippen molar-refractivity contribution >= 4 is 0 Å². The maximum absolute atomic E-state index is 9.56. The van der Waals surface area contributed by atoms with Gasteiger partial charge in [-0.1, -0.05) is 33.6 Å². The quantitative estimate of drug-likeness (QED) is 0.665. The Bertz CT molecular complexity index is 113. The Morgan fingerprint density at radius 3 is 2.23 bits per heavy atom. The first-order chi connectivity index (χ1) is 6.07. The average Bonchev–Trinajstić information content (AvgIpc) is 2.04. The minimum Gasteiger partial charge on any atom is -0.390 e. The van der Waals surface area contributed by atoms with Gasteiger partial charge in [0.2, 0.25) is 0 Å². The summed E-state index contributed by atoms with van der Waals surface area (Å²) in [7, 11) is 1.63. The topological polar surface area (TPSA) is 29.5 Å². The maximum atomic E-state index is 9.56. The molecule has 2 unspecified atom stereocenters. The van der Waals surface area contributed by atoms with E-state index in [9.17, 15) is 5.11 Å². The van der Waals surface area contributed by atoms with Gasteiger partial charge in [-0.05, 0) is 18.3 Å². The summed E-state index contributed by atoms with van der Waals surface area (Å²) in [6.07, 6.45) is 3.27. The van der Waals surface area contributed by atoms with Crippen LogP contribution < -0.4 is 0 Å². The van der Waals surface area contributed by atoms with Gasteiger partial charge in [-0.2, -0.15) is 0 Å². The van der Waals surface area contributed by atoms with Crippen LogP contribution in [0.4, 0.5) is 0 Å². The van der Waals surface area contributed by atoms with Gasteiger partial charge in [0.1, 0.15) is 0 Å². The molecule has 1 N–H and O–H groups in total. The highest BCUT2D eigenvalue weighted by Gasteiger charge is 2.13. The molecule has 0 amide bonds. The molecule has 0 radical (unpaired) electrons. The van der Waals surface area contributed by atoms with Crippen molar-refractivity contribution < 1.29 is 9.84 Å². The van der Waals surface area contributed by atoms with Crippen molar-refractivity contribution in [1.29, 1.82) is 0 Å². The molecule has 0 saturated carbocycles. The summed E-state index contributed by atoms with van der Waals surface area (Å²) in [5.74, 6) is 1.13. The standard InChI is InChI=1S/C11H24O2/c1-9(2)6-5-7-10(3)11(12)8-13-4/h9-12H,5-8H2,1-4H3. The molecule has 0 heterocycles. The van der Waals surface area contributed by atoms with Crippen LogP contribution in [-0.4, -0.2) is 24.9 Å². The molecule has 0 aromatic rings. The zero-order valence-corrected chi connectivity index (χ0v) is 9.42. The lowest BCUT2D eigenvalue weighted by Gasteiger charge is -2.18. The highest BCUT2D eigenvalue weighted by Crippen LogP contribution is 2.15. The van der Waals surface area contributed by atoms with Crippen LogP contribution in [0.25, 0.3) is 0 Å². The van der Waals surface area contributed by atoms with Gasteiger partial charge in [0.05, 0.1) is 12.7 Å². The van der Waals surface area contributed by atoms with E-state index >= 15 is 0 Å². The number of ether oxygens (including phenoxy) is 1. The Kier molecular flexibility index (Phi) is 7.29. The number of aliphatic hydroxyl groups excluding tert-OH is 1. The minimum atomic E-state index is -0.294. The maximum Gasteiger partial charge on any atom is 0.0798 e. The third-order valence-corrected chi connectivity index (χ3v) is 2.44. The second-order valence-electron chi connectivity index (χ2n) is 4.32. The number of rotatable bonds is 7. The summed E-state index contributed by atoms with van der Waals surface area (Å²) in [5, 5.41) is 9.56. The van der Waals surface area contributed by atoms with Gasteiger partial charge in [0, 0.05) is 7.11 Å². The molecule has 0 aromatic heterocycles. The van der Waals surface area contributed by atoms with Crippen molar-refractivity contribution in [2.24, 2.45) is 11.8 Å². The van der Waals surface area contributed by atoms with Crippen LogP contribution in [0.15, 0.2) is 0 Å². The largest absolute Gasteiger partial charge is 0.390 e. The molecule has 0 aliphatic rings. The molecule has 2 atom stereocenters. The van der Waals surface area contributed by atoms with Crippen molar-refractivity contribution in [2.75, 3.05) is 13.7 Å². The van der Waals surface area contributed by atoms with E-state index in [4.69, 9.17) is 4.74 Å². The summed E-state index contributed by atoms with van der Waals surface area (Å²) in [4.78, 5) is 0. The van der Waals surface area contributed by atoms with Gasteiger partial charge in [0.15, 0.2) is 0 Å². The second kappa shape index (κ2) is 7.34. The van der Waals surface area contributed by atoms with Gasteiger partial charge < -0.3 is 9.84 Å². The molecule has 0 saturated heterocycles. The first-order valence-electron chi connectivity index (χ1n) is 5.25. The normalized spacial score (nSPS) is 16.2. The summed E-state index contributed by atoms with van der Waals surface area (Å²) >= 11 is 0. The zero-order valence-electron chi connectivity index (χ0n) is 9.42. The van der Waals surface area contributed by atoms with Crippen LogP contribution in [0.2, 0.25) is 0 Å². The Hall–Kier alpha value is -0.0800. The van der Waals surface area contributed by atoms with Crippen LogP contribution in [0.3, 0.4) is 0 Å². The summed E-state index contributed by atoms with van der Waals surface area (Å²) in [6, 6.07) is 0. The Morgan fingerprint density at radius 1 is 1.15 bits per heavy atom. The van der Waals surface area contributed by atoms with Crippen molar-refractivity contribution in [3.8, 4) is 0 Å². The Morgan fingerprint density at radius 2 is 1.77 bits per heavy atom. The monoisotopic (exact) mass is 188 g/mol. The molecule has 0 aliphatic carbocycles. The van der Waals surface area contributed by atoms with E-state index in [1.54, 1.807) is 7.11 Å². The summed E-state index contributed by atoms with van der Waals surface area (Å²) in [5.41, 5.74) is 0. The lowest BCUT2D eigenvalue weighted by Crippen LogP contribution is -2.22. The third kappa shape index (κ3) is 7.03. The molecule has 0 fully saturated rings. The van der Waals surface area contributed by atoms with Crippen LogP contribution in [0, 0.1) is 11.8 Å². The predicted molar refractivity (Wildman–Crippen MR) is 55.7 cm³/mol. The van der Waals surface area contributed by atoms with E-state index in [0.29, 0.717) is 12.5 Å². The Labute approximate surface area is 82.3 Å². The van der Waals surface area contributed by atoms with Crippen molar-refractivity contribution in [3.63, 3.8) is 0 Å². The molecule has 80 valence electrons. The van der Waals surface area contributed by atoms with Crippen LogP contribution in [-0.2, 0) is 4.74 Å². The summed E-state index contributed by atoms with van der Waals surface area (Å²) in [6.45, 7) is 7.01. The van der Waals surface area contributed by atoms with E-state index in [-0.39, 0.29) is 6.10 Å². The Balaban J connectivity index is 3.43. The fourth-order valence-electron chi connectivity index (χ4n) is 1.38. The van der Waals surface area contributed by atoms with Gasteiger partial charge in [-0.25, -0.2) is 0 Å². The van der Waals surface area contributed by atoms with Crippen LogP contribution in [0.1, 0.15) is 40.0 Å². The lowest BCUT2D eigenvalue weighted by atomic mass is 9.96. The molecule has 13 heavy (non-hydrogen) atoms.